The highest BCUT2D eigenvalue weighted by Gasteiger charge is 2.25. The third kappa shape index (κ3) is 2.13. The van der Waals surface area contributed by atoms with E-state index in [9.17, 15) is 4.21 Å². The summed E-state index contributed by atoms with van der Waals surface area (Å²) in [6.07, 6.45) is 2.22. The third-order valence-corrected chi connectivity index (χ3v) is 4.44. The van der Waals surface area contributed by atoms with Gasteiger partial charge in [0.25, 0.3) is 0 Å². The second kappa shape index (κ2) is 4.71. The van der Waals surface area contributed by atoms with Gasteiger partial charge in [0.2, 0.25) is 0 Å². The monoisotopic (exact) mass is 261 g/mol. The van der Waals surface area contributed by atoms with Crippen LogP contribution >= 0.6 is 0 Å². The molecule has 1 N–H and O–H groups in total. The number of benzene rings is 2. The molecule has 0 aliphatic heterocycles. The molecule has 1 aliphatic rings. The van der Waals surface area contributed by atoms with Crippen molar-refractivity contribution in [2.45, 2.75) is 23.8 Å². The van der Waals surface area contributed by atoms with Crippen molar-refractivity contribution in [3.8, 4) is 5.75 Å². The molecule has 1 atom stereocenters. The minimum absolute atomic E-state index is 0.398. The van der Waals surface area contributed by atoms with Crippen LogP contribution in [-0.4, -0.2) is 17.4 Å². The number of ether oxygens (including phenoxy) is 1. The van der Waals surface area contributed by atoms with E-state index in [2.05, 4.69) is 4.72 Å². The summed E-state index contributed by atoms with van der Waals surface area (Å²) in [5.41, 5.74) is 0. The highest BCUT2D eigenvalue weighted by molar-refractivity contribution is 7.83. The summed E-state index contributed by atoms with van der Waals surface area (Å²) in [5.74, 6) is 0.681. The quantitative estimate of drug-likeness (QED) is 0.918. The molecular formula is C14H15NO2S. The molecule has 1 fully saturated rings. The Labute approximate surface area is 109 Å². The van der Waals surface area contributed by atoms with Crippen molar-refractivity contribution in [1.82, 2.24) is 4.72 Å². The third-order valence-electron chi connectivity index (χ3n) is 3.10. The van der Waals surface area contributed by atoms with Gasteiger partial charge in [-0.2, -0.15) is 0 Å². The maximum absolute atomic E-state index is 12.4. The van der Waals surface area contributed by atoms with E-state index in [0.29, 0.717) is 11.8 Å². The maximum atomic E-state index is 12.4. The van der Waals surface area contributed by atoms with Crippen molar-refractivity contribution in [2.24, 2.45) is 0 Å². The first-order chi connectivity index (χ1) is 8.79. The van der Waals surface area contributed by atoms with Gasteiger partial charge in [-0.05, 0) is 24.3 Å². The van der Waals surface area contributed by atoms with Crippen LogP contribution in [0, 0.1) is 0 Å². The molecule has 2 aromatic carbocycles. The first-order valence-corrected chi connectivity index (χ1v) is 7.18. The fraction of sp³-hybridized carbons (Fsp3) is 0.286. The van der Waals surface area contributed by atoms with Crippen LogP contribution in [0.15, 0.2) is 41.3 Å². The zero-order valence-corrected chi connectivity index (χ0v) is 11.0. The summed E-state index contributed by atoms with van der Waals surface area (Å²) in [5, 5.41) is 2.07. The molecule has 0 heterocycles. The fourth-order valence-corrected chi connectivity index (χ4v) is 3.36. The molecule has 3 rings (SSSR count). The molecule has 94 valence electrons. The number of nitrogens with one attached hydrogen (secondary N) is 1. The standard InChI is InChI=1S/C14H15NO2S/c1-17-13-9-6-10-4-2-3-5-12(10)14(13)18(16)15-11-7-8-11/h2-6,9,11,15H,7-8H2,1H3/t18-/m0/s1. The topological polar surface area (TPSA) is 38.3 Å². The molecule has 3 nitrogen and oxygen atoms in total. The molecule has 0 unspecified atom stereocenters. The first-order valence-electron chi connectivity index (χ1n) is 6.03. The molecule has 0 amide bonds. The largest absolute Gasteiger partial charge is 0.495 e. The highest BCUT2D eigenvalue weighted by atomic mass is 32.2. The number of fused-ring (bicyclic) bond motifs is 1. The van der Waals surface area contributed by atoms with Gasteiger partial charge in [0.05, 0.1) is 7.11 Å². The first kappa shape index (κ1) is 11.7. The molecule has 0 aromatic heterocycles. The predicted molar refractivity (Wildman–Crippen MR) is 73.1 cm³/mol. The van der Waals surface area contributed by atoms with Gasteiger partial charge < -0.3 is 4.74 Å². The van der Waals surface area contributed by atoms with Crippen LogP contribution in [0.25, 0.3) is 10.8 Å². The Kier molecular flexibility index (Phi) is 3.06. The molecule has 1 saturated carbocycles. The van der Waals surface area contributed by atoms with Crippen LogP contribution in [0.5, 0.6) is 5.75 Å². The lowest BCUT2D eigenvalue weighted by Gasteiger charge is -2.12. The Morgan fingerprint density at radius 2 is 2.00 bits per heavy atom. The molecule has 2 aromatic rings. The Morgan fingerprint density at radius 3 is 2.72 bits per heavy atom. The zero-order valence-electron chi connectivity index (χ0n) is 10.2. The van der Waals surface area contributed by atoms with E-state index in [1.807, 2.05) is 36.4 Å². The van der Waals surface area contributed by atoms with Crippen LogP contribution in [0.2, 0.25) is 0 Å². The van der Waals surface area contributed by atoms with Crippen molar-refractivity contribution >= 4 is 21.8 Å². The summed E-state index contributed by atoms with van der Waals surface area (Å²) < 4.78 is 20.9. The lowest BCUT2D eigenvalue weighted by Crippen LogP contribution is -2.20. The molecule has 4 heteroatoms. The Bertz CT molecular complexity index is 608. The van der Waals surface area contributed by atoms with Crippen LogP contribution in [0.4, 0.5) is 0 Å². The molecular weight excluding hydrogens is 246 g/mol. The zero-order chi connectivity index (χ0) is 12.5. The van der Waals surface area contributed by atoms with E-state index >= 15 is 0 Å². The Morgan fingerprint density at radius 1 is 1.22 bits per heavy atom. The highest BCUT2D eigenvalue weighted by Crippen LogP contribution is 2.31. The van der Waals surface area contributed by atoms with Crippen molar-refractivity contribution in [3.05, 3.63) is 36.4 Å². The number of hydrogen-bond acceptors (Lipinski definition) is 2. The second-order valence-electron chi connectivity index (χ2n) is 4.48. The van der Waals surface area contributed by atoms with E-state index in [1.165, 1.54) is 0 Å². The Hall–Kier alpha value is -1.39. The van der Waals surface area contributed by atoms with Crippen LogP contribution < -0.4 is 9.46 Å². The number of methoxy groups -OCH3 is 1. The van der Waals surface area contributed by atoms with E-state index in [0.717, 1.165) is 28.5 Å². The molecule has 1 aliphatic carbocycles. The van der Waals surface area contributed by atoms with Gasteiger partial charge in [-0.15, -0.1) is 0 Å². The predicted octanol–water partition coefficient (Wildman–Crippen LogP) is 2.62. The molecule has 0 radical (unpaired) electrons. The minimum Gasteiger partial charge on any atom is -0.495 e. The van der Waals surface area contributed by atoms with E-state index in [1.54, 1.807) is 7.11 Å². The van der Waals surface area contributed by atoms with Crippen LogP contribution in [0.3, 0.4) is 0 Å². The van der Waals surface area contributed by atoms with Gasteiger partial charge in [0.15, 0.2) is 0 Å². The SMILES string of the molecule is COc1ccc2ccccc2c1[S@](=O)NC1CC1. The summed E-state index contributed by atoms with van der Waals surface area (Å²) in [7, 11) is 0.401. The fourth-order valence-electron chi connectivity index (χ4n) is 1.99. The average Bonchev–Trinajstić information content (AvgIpc) is 3.21. The molecule has 0 spiro atoms. The molecule has 0 saturated heterocycles. The lowest BCUT2D eigenvalue weighted by atomic mass is 10.1. The van der Waals surface area contributed by atoms with Gasteiger partial charge in [0.1, 0.15) is 21.6 Å². The molecule has 0 bridgehead atoms. The molecule has 18 heavy (non-hydrogen) atoms. The van der Waals surface area contributed by atoms with Crippen LogP contribution in [-0.2, 0) is 11.0 Å². The van der Waals surface area contributed by atoms with E-state index in [4.69, 9.17) is 4.74 Å². The van der Waals surface area contributed by atoms with Gasteiger partial charge in [-0.25, -0.2) is 8.93 Å². The van der Waals surface area contributed by atoms with Gasteiger partial charge in [0, 0.05) is 11.4 Å². The second-order valence-corrected chi connectivity index (χ2v) is 5.66. The van der Waals surface area contributed by atoms with Gasteiger partial charge in [-0.1, -0.05) is 30.3 Å². The summed E-state index contributed by atoms with van der Waals surface area (Å²) in [6, 6.07) is 12.2. The lowest BCUT2D eigenvalue weighted by molar-refractivity contribution is 0.405. The summed E-state index contributed by atoms with van der Waals surface area (Å²) >= 11 is 0. The maximum Gasteiger partial charge on any atom is 0.137 e. The minimum atomic E-state index is -1.21. The van der Waals surface area contributed by atoms with Crippen molar-refractivity contribution in [1.29, 1.82) is 0 Å². The van der Waals surface area contributed by atoms with E-state index < -0.39 is 11.0 Å². The van der Waals surface area contributed by atoms with E-state index in [-0.39, 0.29) is 0 Å². The van der Waals surface area contributed by atoms with Crippen LogP contribution in [0.1, 0.15) is 12.8 Å². The van der Waals surface area contributed by atoms with Gasteiger partial charge in [-0.3, -0.25) is 0 Å². The Balaban J connectivity index is 2.13. The van der Waals surface area contributed by atoms with Gasteiger partial charge >= 0.3 is 0 Å². The summed E-state index contributed by atoms with van der Waals surface area (Å²) in [6.45, 7) is 0. The van der Waals surface area contributed by atoms with Crippen molar-refractivity contribution in [3.63, 3.8) is 0 Å². The smallest absolute Gasteiger partial charge is 0.137 e. The van der Waals surface area contributed by atoms with Crippen molar-refractivity contribution < 1.29 is 8.95 Å². The number of hydrogen-bond donors (Lipinski definition) is 1. The summed E-state index contributed by atoms with van der Waals surface area (Å²) in [4.78, 5) is 0.752. The normalized spacial score (nSPS) is 16.7. The number of rotatable bonds is 4. The average molecular weight is 261 g/mol. The van der Waals surface area contributed by atoms with Crippen molar-refractivity contribution in [2.75, 3.05) is 7.11 Å².